The SMILES string of the molecule is O=C(CCl)Nc1ccc(-c2ccc(N=Nc3ccc(-c4ccc(NC(=O)CCl)c(S(=O)(=O)O)c4)cc3)cc2)cc1S(=O)(=O)O. The van der Waals surface area contributed by atoms with Crippen molar-refractivity contribution in [2.45, 2.75) is 9.79 Å². The van der Waals surface area contributed by atoms with Crippen molar-refractivity contribution in [1.82, 2.24) is 0 Å². The monoisotopic (exact) mass is 676 g/mol. The first-order valence-corrected chi connectivity index (χ1v) is 16.3. The number of alkyl halides is 2. The van der Waals surface area contributed by atoms with Gasteiger partial charge in [0.1, 0.15) is 21.6 Å². The Hall–Kier alpha value is -4.18. The average molecular weight is 678 g/mol. The zero-order chi connectivity index (χ0) is 32.1. The van der Waals surface area contributed by atoms with Gasteiger partial charge in [0.2, 0.25) is 11.8 Å². The van der Waals surface area contributed by atoms with E-state index in [4.69, 9.17) is 23.2 Å². The maximum absolute atomic E-state index is 11.9. The number of benzene rings is 4. The molecule has 0 aliphatic carbocycles. The molecule has 44 heavy (non-hydrogen) atoms. The number of nitrogens with one attached hydrogen (secondary N) is 2. The van der Waals surface area contributed by atoms with E-state index in [-0.39, 0.29) is 11.4 Å². The van der Waals surface area contributed by atoms with Gasteiger partial charge in [-0.3, -0.25) is 18.7 Å². The lowest BCUT2D eigenvalue weighted by atomic mass is 10.0. The van der Waals surface area contributed by atoms with Gasteiger partial charge in [0, 0.05) is 0 Å². The van der Waals surface area contributed by atoms with Crippen LogP contribution in [0.2, 0.25) is 0 Å². The summed E-state index contributed by atoms with van der Waals surface area (Å²) in [5.74, 6) is -2.06. The molecule has 12 nitrogen and oxygen atoms in total. The highest BCUT2D eigenvalue weighted by molar-refractivity contribution is 7.86. The van der Waals surface area contributed by atoms with Gasteiger partial charge in [0.25, 0.3) is 20.2 Å². The first-order valence-electron chi connectivity index (χ1n) is 12.4. The van der Waals surface area contributed by atoms with Gasteiger partial charge in [0.05, 0.1) is 22.7 Å². The van der Waals surface area contributed by atoms with Gasteiger partial charge in [-0.1, -0.05) is 36.4 Å². The van der Waals surface area contributed by atoms with E-state index in [1.807, 2.05) is 0 Å². The normalized spacial score (nSPS) is 11.8. The molecular formula is C28H22Cl2N4O8S2. The number of carbonyl (C=O) groups excluding carboxylic acids is 2. The predicted molar refractivity (Wildman–Crippen MR) is 166 cm³/mol. The van der Waals surface area contributed by atoms with Crippen LogP contribution in [0.1, 0.15) is 0 Å². The molecule has 0 bridgehead atoms. The molecule has 0 spiro atoms. The number of nitrogens with zero attached hydrogens (tertiary/aromatic N) is 2. The summed E-state index contributed by atoms with van der Waals surface area (Å²) < 4.78 is 66.8. The summed E-state index contributed by atoms with van der Waals surface area (Å²) in [4.78, 5) is 22.3. The number of hydrogen-bond donors (Lipinski definition) is 4. The summed E-state index contributed by atoms with van der Waals surface area (Å²) in [7, 11) is -9.30. The number of rotatable bonds is 10. The Bertz CT molecular complexity index is 1830. The smallest absolute Gasteiger partial charge is 0.296 e. The lowest BCUT2D eigenvalue weighted by molar-refractivity contribution is -0.114. The number of azo groups is 1. The van der Waals surface area contributed by atoms with Crippen LogP contribution in [0.3, 0.4) is 0 Å². The predicted octanol–water partition coefficient (Wildman–Crippen LogP) is 6.28. The average Bonchev–Trinajstić information content (AvgIpc) is 2.99. The van der Waals surface area contributed by atoms with Gasteiger partial charge in [-0.2, -0.15) is 27.1 Å². The van der Waals surface area contributed by atoms with Crippen molar-refractivity contribution < 1.29 is 35.5 Å². The van der Waals surface area contributed by atoms with Crippen LogP contribution in [0.5, 0.6) is 0 Å². The van der Waals surface area contributed by atoms with Crippen molar-refractivity contribution in [1.29, 1.82) is 0 Å². The quantitative estimate of drug-likeness (QED) is 0.0855. The molecule has 4 rings (SSSR count). The van der Waals surface area contributed by atoms with E-state index in [1.54, 1.807) is 60.7 Å². The van der Waals surface area contributed by atoms with E-state index in [0.29, 0.717) is 33.6 Å². The zero-order valence-corrected chi connectivity index (χ0v) is 25.5. The zero-order valence-electron chi connectivity index (χ0n) is 22.3. The molecule has 4 N–H and O–H groups in total. The highest BCUT2D eigenvalue weighted by Crippen LogP contribution is 2.32. The molecule has 228 valence electrons. The van der Waals surface area contributed by atoms with Gasteiger partial charge in [-0.25, -0.2) is 0 Å². The van der Waals surface area contributed by atoms with Crippen LogP contribution in [0.4, 0.5) is 22.7 Å². The molecule has 2 amide bonds. The maximum Gasteiger partial charge on any atom is 0.296 e. The van der Waals surface area contributed by atoms with E-state index < -0.39 is 53.6 Å². The molecule has 0 saturated heterocycles. The summed E-state index contributed by atoms with van der Waals surface area (Å²) in [5, 5.41) is 13.0. The molecule has 0 aromatic heterocycles. The van der Waals surface area contributed by atoms with Gasteiger partial charge in [0.15, 0.2) is 0 Å². The van der Waals surface area contributed by atoms with Crippen LogP contribution in [-0.4, -0.2) is 49.5 Å². The summed E-state index contributed by atoms with van der Waals surface area (Å²) in [6.45, 7) is 0. The highest BCUT2D eigenvalue weighted by Gasteiger charge is 2.19. The number of hydrogen-bond acceptors (Lipinski definition) is 8. The Labute approximate surface area is 262 Å². The van der Waals surface area contributed by atoms with Crippen molar-refractivity contribution in [3.63, 3.8) is 0 Å². The van der Waals surface area contributed by atoms with Crippen molar-refractivity contribution >= 4 is 78.0 Å². The number of halogens is 2. The standard InChI is InChI=1S/C28H22Cl2N4O8S2/c29-15-27(35)31-23-11-5-19(13-25(23)43(37,38)39)17-1-7-21(8-2-17)33-34-22-9-3-18(4-10-22)20-6-12-24(32-28(36)16-30)26(14-20)44(40,41)42/h1-14H,15-16H2,(H,31,35)(H,32,36)(H,37,38,39)(H,40,41,42). The van der Waals surface area contributed by atoms with Gasteiger partial charge < -0.3 is 10.6 Å². The molecule has 0 fully saturated rings. The van der Waals surface area contributed by atoms with Crippen LogP contribution in [0.25, 0.3) is 22.3 Å². The molecule has 0 unspecified atom stereocenters. The fraction of sp³-hybridized carbons (Fsp3) is 0.0714. The van der Waals surface area contributed by atoms with Gasteiger partial charge in [-0.05, 0) is 70.8 Å². The Balaban J connectivity index is 1.52. The highest BCUT2D eigenvalue weighted by atomic mass is 35.5. The minimum atomic E-state index is -4.65. The fourth-order valence-corrected chi connectivity index (χ4v) is 5.44. The van der Waals surface area contributed by atoms with Crippen LogP contribution < -0.4 is 10.6 Å². The molecule has 0 saturated carbocycles. The lowest BCUT2D eigenvalue weighted by Gasteiger charge is -2.11. The topological polar surface area (TPSA) is 192 Å². The van der Waals surface area contributed by atoms with Crippen LogP contribution in [0, 0.1) is 0 Å². The van der Waals surface area contributed by atoms with Crippen molar-refractivity contribution in [3.8, 4) is 22.3 Å². The summed E-state index contributed by atoms with van der Waals surface area (Å²) >= 11 is 10.9. The van der Waals surface area contributed by atoms with Gasteiger partial charge >= 0.3 is 0 Å². The van der Waals surface area contributed by atoms with E-state index in [2.05, 4.69) is 20.9 Å². The van der Waals surface area contributed by atoms with Crippen LogP contribution in [-0.2, 0) is 29.8 Å². The van der Waals surface area contributed by atoms with E-state index in [1.165, 1.54) is 24.3 Å². The fourth-order valence-electron chi connectivity index (χ4n) is 3.96. The van der Waals surface area contributed by atoms with E-state index in [9.17, 15) is 35.5 Å². The third kappa shape index (κ3) is 8.25. The van der Waals surface area contributed by atoms with Crippen molar-refractivity contribution in [2.75, 3.05) is 22.4 Å². The minimum absolute atomic E-state index is 0.106. The number of amides is 2. The largest absolute Gasteiger partial charge is 0.324 e. The van der Waals surface area contributed by atoms with Gasteiger partial charge in [-0.15, -0.1) is 23.2 Å². The minimum Gasteiger partial charge on any atom is -0.324 e. The Morgan fingerprint density at radius 3 is 1.18 bits per heavy atom. The number of anilines is 2. The molecule has 0 radical (unpaired) electrons. The first kappa shape index (κ1) is 32.7. The molecule has 4 aromatic carbocycles. The molecule has 0 heterocycles. The molecule has 0 atom stereocenters. The Morgan fingerprint density at radius 2 is 0.886 bits per heavy atom. The third-order valence-corrected chi connectivity index (χ3v) is 8.26. The maximum atomic E-state index is 11.9. The lowest BCUT2D eigenvalue weighted by Crippen LogP contribution is -2.15. The molecule has 4 aromatic rings. The van der Waals surface area contributed by atoms with Crippen molar-refractivity contribution in [2.24, 2.45) is 10.2 Å². The third-order valence-electron chi connectivity index (χ3n) is 5.99. The summed E-state index contributed by atoms with van der Waals surface area (Å²) in [6.07, 6.45) is 0. The Morgan fingerprint density at radius 1 is 0.568 bits per heavy atom. The van der Waals surface area contributed by atoms with E-state index in [0.717, 1.165) is 0 Å². The molecule has 0 aliphatic heterocycles. The molecule has 16 heteroatoms. The Kier molecular flexibility index (Phi) is 10.1. The van der Waals surface area contributed by atoms with Crippen LogP contribution in [0.15, 0.2) is 105 Å². The molecular weight excluding hydrogens is 655 g/mol. The second-order valence-electron chi connectivity index (χ2n) is 9.03. The second-order valence-corrected chi connectivity index (χ2v) is 12.3. The summed E-state index contributed by atoms with van der Waals surface area (Å²) in [5.41, 5.74) is 2.85. The molecule has 0 aliphatic rings. The summed E-state index contributed by atoms with van der Waals surface area (Å²) in [6, 6.07) is 21.5. The number of carbonyl (C=O) groups is 2. The van der Waals surface area contributed by atoms with E-state index >= 15 is 0 Å². The van der Waals surface area contributed by atoms with Crippen molar-refractivity contribution in [3.05, 3.63) is 84.9 Å². The van der Waals surface area contributed by atoms with Crippen LogP contribution >= 0.6 is 23.2 Å². The first-order chi connectivity index (χ1) is 20.8. The second kappa shape index (κ2) is 13.6.